The summed E-state index contributed by atoms with van der Waals surface area (Å²) in [6.45, 7) is 2.90. The highest BCUT2D eigenvalue weighted by Gasteiger charge is 2.26. The topological polar surface area (TPSA) is 108 Å². The van der Waals surface area contributed by atoms with E-state index < -0.39 is 10.0 Å². The molecule has 0 atom stereocenters. The third-order valence-corrected chi connectivity index (χ3v) is 8.23. The molecule has 1 aliphatic heterocycles. The predicted molar refractivity (Wildman–Crippen MR) is 135 cm³/mol. The van der Waals surface area contributed by atoms with Gasteiger partial charge in [0.25, 0.3) is 0 Å². The van der Waals surface area contributed by atoms with Crippen LogP contribution >= 0.6 is 11.8 Å². The third kappa shape index (κ3) is 6.13. The van der Waals surface area contributed by atoms with Gasteiger partial charge in [0.05, 0.1) is 10.6 Å². The van der Waals surface area contributed by atoms with Gasteiger partial charge in [-0.3, -0.25) is 9.89 Å². The molecule has 1 saturated heterocycles. The van der Waals surface area contributed by atoms with E-state index in [9.17, 15) is 13.2 Å². The quantitative estimate of drug-likeness (QED) is 0.452. The van der Waals surface area contributed by atoms with Crippen molar-refractivity contribution in [2.45, 2.75) is 36.2 Å². The van der Waals surface area contributed by atoms with Crippen LogP contribution in [0.15, 0.2) is 58.6 Å². The van der Waals surface area contributed by atoms with Crippen molar-refractivity contribution in [1.29, 1.82) is 0 Å². The zero-order valence-electron chi connectivity index (χ0n) is 18.9. The fourth-order valence-corrected chi connectivity index (χ4v) is 5.75. The minimum Gasteiger partial charge on any atom is -0.325 e. The third-order valence-electron chi connectivity index (χ3n) is 5.48. The molecule has 0 saturated carbocycles. The van der Waals surface area contributed by atoms with Gasteiger partial charge in [-0.25, -0.2) is 13.4 Å². The minimum atomic E-state index is -3.57. The maximum absolute atomic E-state index is 13.0. The number of anilines is 1. The van der Waals surface area contributed by atoms with Gasteiger partial charge in [-0.05, 0) is 49.1 Å². The summed E-state index contributed by atoms with van der Waals surface area (Å²) in [6, 6.07) is 14.7. The van der Waals surface area contributed by atoms with Crippen molar-refractivity contribution in [3.63, 3.8) is 0 Å². The Morgan fingerprint density at radius 2 is 1.88 bits per heavy atom. The summed E-state index contributed by atoms with van der Waals surface area (Å²) >= 11 is 1.20. The second-order valence-electron chi connectivity index (χ2n) is 8.03. The molecule has 8 nitrogen and oxygen atoms in total. The Labute approximate surface area is 203 Å². The molecule has 0 radical (unpaired) electrons. The predicted octanol–water partition coefficient (Wildman–Crippen LogP) is 4.19. The van der Waals surface area contributed by atoms with Gasteiger partial charge in [0.1, 0.15) is 5.82 Å². The molecule has 178 valence electrons. The van der Waals surface area contributed by atoms with Crippen molar-refractivity contribution >= 4 is 45.5 Å². The van der Waals surface area contributed by atoms with Crippen LogP contribution in [0.4, 0.5) is 5.69 Å². The maximum Gasteiger partial charge on any atom is 0.243 e. The number of benzene rings is 2. The first-order valence-electron chi connectivity index (χ1n) is 11.1. The number of carbonyl (C=O) groups is 1. The molecule has 1 amide bonds. The summed E-state index contributed by atoms with van der Waals surface area (Å²) in [5.41, 5.74) is 2.33. The minimum absolute atomic E-state index is 0.0994. The van der Waals surface area contributed by atoms with E-state index in [1.165, 1.54) is 16.1 Å². The number of aromatic nitrogens is 3. The van der Waals surface area contributed by atoms with Crippen LogP contribution in [-0.4, -0.2) is 52.7 Å². The second kappa shape index (κ2) is 11.0. The highest BCUT2D eigenvalue weighted by molar-refractivity contribution is 7.99. The number of amides is 1. The lowest BCUT2D eigenvalue weighted by Gasteiger charge is -2.26. The molecular weight excluding hydrogens is 470 g/mol. The van der Waals surface area contributed by atoms with E-state index in [4.69, 9.17) is 0 Å². The average molecular weight is 498 g/mol. The van der Waals surface area contributed by atoms with Crippen LogP contribution in [0.5, 0.6) is 0 Å². The Bertz CT molecular complexity index is 1270. The van der Waals surface area contributed by atoms with Crippen LogP contribution in [0.2, 0.25) is 0 Å². The fraction of sp³-hybridized carbons (Fsp3) is 0.292. The normalized spacial score (nSPS) is 15.0. The van der Waals surface area contributed by atoms with Gasteiger partial charge in [0.2, 0.25) is 21.1 Å². The Balaban J connectivity index is 1.36. The van der Waals surface area contributed by atoms with Gasteiger partial charge < -0.3 is 5.32 Å². The number of aryl methyl sites for hydroxylation is 1. The summed E-state index contributed by atoms with van der Waals surface area (Å²) < 4.78 is 27.5. The number of hydrogen-bond donors (Lipinski definition) is 2. The zero-order chi connectivity index (χ0) is 24.0. The Kier molecular flexibility index (Phi) is 7.81. The monoisotopic (exact) mass is 497 g/mol. The number of thioether (sulfide) groups is 1. The Morgan fingerprint density at radius 3 is 2.65 bits per heavy atom. The second-order valence-corrected chi connectivity index (χ2v) is 10.9. The molecule has 0 aliphatic carbocycles. The average Bonchev–Trinajstić information content (AvgIpc) is 3.32. The number of hydrogen-bond acceptors (Lipinski definition) is 6. The SMILES string of the molecule is Cc1ccc(S(=O)(=O)N2CCCCC2)cc1NC(=O)CSc1n[nH]c(/C=C/c2ccccc2)n1. The van der Waals surface area contributed by atoms with Crippen LogP contribution < -0.4 is 5.32 Å². The molecule has 0 unspecified atom stereocenters. The molecular formula is C24H27N5O3S2. The van der Waals surface area contributed by atoms with E-state index in [1.807, 2.05) is 49.4 Å². The van der Waals surface area contributed by atoms with E-state index in [0.29, 0.717) is 29.8 Å². The molecule has 2 N–H and O–H groups in total. The van der Waals surface area contributed by atoms with Gasteiger partial charge in [-0.2, -0.15) is 4.31 Å². The highest BCUT2D eigenvalue weighted by Crippen LogP contribution is 2.25. The molecule has 10 heteroatoms. The number of sulfonamides is 1. The van der Waals surface area contributed by atoms with E-state index in [0.717, 1.165) is 30.4 Å². The number of nitrogens with one attached hydrogen (secondary N) is 2. The number of piperidine rings is 1. The fourth-order valence-electron chi connectivity index (χ4n) is 3.60. The van der Waals surface area contributed by atoms with Crippen molar-refractivity contribution in [2.24, 2.45) is 0 Å². The first-order chi connectivity index (χ1) is 16.4. The maximum atomic E-state index is 13.0. The lowest BCUT2D eigenvalue weighted by molar-refractivity contribution is -0.113. The van der Waals surface area contributed by atoms with Crippen LogP contribution in [-0.2, 0) is 14.8 Å². The van der Waals surface area contributed by atoms with E-state index in [2.05, 4.69) is 20.5 Å². The van der Waals surface area contributed by atoms with Crippen LogP contribution in [0.1, 0.15) is 36.2 Å². The number of carbonyl (C=O) groups excluding carboxylic acids is 1. The van der Waals surface area contributed by atoms with Crippen molar-refractivity contribution in [3.8, 4) is 0 Å². The molecule has 1 fully saturated rings. The smallest absolute Gasteiger partial charge is 0.243 e. The van der Waals surface area contributed by atoms with E-state index in [-0.39, 0.29) is 16.6 Å². The van der Waals surface area contributed by atoms with Crippen molar-refractivity contribution < 1.29 is 13.2 Å². The lowest BCUT2D eigenvalue weighted by Crippen LogP contribution is -2.35. The Morgan fingerprint density at radius 1 is 1.12 bits per heavy atom. The molecule has 4 rings (SSSR count). The van der Waals surface area contributed by atoms with Gasteiger partial charge in [0.15, 0.2) is 0 Å². The van der Waals surface area contributed by atoms with Crippen molar-refractivity contribution in [1.82, 2.24) is 19.5 Å². The van der Waals surface area contributed by atoms with Gasteiger partial charge in [0, 0.05) is 18.8 Å². The summed E-state index contributed by atoms with van der Waals surface area (Å²) in [5.74, 6) is 0.437. The number of H-pyrrole nitrogens is 1. The zero-order valence-corrected chi connectivity index (χ0v) is 20.5. The van der Waals surface area contributed by atoms with Crippen LogP contribution in [0.25, 0.3) is 12.2 Å². The van der Waals surface area contributed by atoms with Crippen LogP contribution in [0.3, 0.4) is 0 Å². The summed E-state index contributed by atoms with van der Waals surface area (Å²) in [4.78, 5) is 17.1. The molecule has 3 aromatic rings. The van der Waals surface area contributed by atoms with Crippen molar-refractivity contribution in [2.75, 3.05) is 24.2 Å². The molecule has 0 bridgehead atoms. The lowest BCUT2D eigenvalue weighted by atomic mass is 10.2. The summed E-state index contributed by atoms with van der Waals surface area (Å²) in [5, 5.41) is 10.3. The number of aromatic amines is 1. The Hall–Kier alpha value is -2.95. The summed E-state index contributed by atoms with van der Waals surface area (Å²) in [7, 11) is -3.57. The van der Waals surface area contributed by atoms with Gasteiger partial charge >= 0.3 is 0 Å². The van der Waals surface area contributed by atoms with E-state index >= 15 is 0 Å². The van der Waals surface area contributed by atoms with Crippen LogP contribution in [0, 0.1) is 6.92 Å². The molecule has 34 heavy (non-hydrogen) atoms. The van der Waals surface area contributed by atoms with Gasteiger partial charge in [-0.15, -0.1) is 5.10 Å². The van der Waals surface area contributed by atoms with Gasteiger partial charge in [-0.1, -0.05) is 60.7 Å². The molecule has 2 heterocycles. The number of rotatable bonds is 8. The van der Waals surface area contributed by atoms with Crippen molar-refractivity contribution in [3.05, 3.63) is 65.5 Å². The van der Waals surface area contributed by atoms with E-state index in [1.54, 1.807) is 18.2 Å². The first kappa shape index (κ1) is 24.2. The molecule has 2 aromatic carbocycles. The first-order valence-corrected chi connectivity index (χ1v) is 13.5. The number of nitrogens with zero attached hydrogens (tertiary/aromatic N) is 3. The molecule has 1 aliphatic rings. The molecule has 0 spiro atoms. The summed E-state index contributed by atoms with van der Waals surface area (Å²) in [6.07, 6.45) is 6.54. The molecule has 1 aromatic heterocycles. The highest BCUT2D eigenvalue weighted by atomic mass is 32.2. The largest absolute Gasteiger partial charge is 0.325 e. The standard InChI is InChI=1S/C24H27N5O3S2/c1-18-10-12-20(34(31,32)29-14-6-3-7-15-29)16-21(18)25-23(30)17-33-24-26-22(27-28-24)13-11-19-8-4-2-5-9-19/h2,4-5,8-13,16H,3,6-7,14-15,17H2,1H3,(H,25,30)(H,26,27,28)/b13-11+.